The summed E-state index contributed by atoms with van der Waals surface area (Å²) >= 11 is 0. The molecule has 2 N–H and O–H groups in total. The van der Waals surface area contributed by atoms with E-state index in [9.17, 15) is 0 Å². The monoisotopic (exact) mass is 275 g/mol. The van der Waals surface area contributed by atoms with Crippen molar-refractivity contribution in [2.24, 2.45) is 17.6 Å². The van der Waals surface area contributed by atoms with Gasteiger partial charge in [0.15, 0.2) is 5.65 Å². The first-order chi connectivity index (χ1) is 9.52. The van der Waals surface area contributed by atoms with Crippen molar-refractivity contribution in [2.75, 3.05) is 6.54 Å². The fraction of sp³-hybridized carbons (Fsp3) is 0.667. The second-order valence-corrected chi connectivity index (χ2v) is 5.87. The Balaban J connectivity index is 2.18. The van der Waals surface area contributed by atoms with E-state index in [1.165, 1.54) is 0 Å². The van der Waals surface area contributed by atoms with E-state index >= 15 is 0 Å². The van der Waals surface area contributed by atoms with Crippen molar-refractivity contribution in [3.05, 3.63) is 23.4 Å². The molecule has 0 spiro atoms. The molecular weight excluding hydrogens is 250 g/mol. The van der Waals surface area contributed by atoms with Crippen molar-refractivity contribution in [1.82, 2.24) is 19.6 Å². The summed E-state index contributed by atoms with van der Waals surface area (Å²) in [5.74, 6) is 3.26. The van der Waals surface area contributed by atoms with Gasteiger partial charge in [0.1, 0.15) is 11.6 Å². The summed E-state index contributed by atoms with van der Waals surface area (Å²) in [4.78, 5) is 4.50. The van der Waals surface area contributed by atoms with Crippen molar-refractivity contribution in [2.45, 2.75) is 47.0 Å². The highest BCUT2D eigenvalue weighted by Crippen LogP contribution is 2.21. The van der Waals surface area contributed by atoms with E-state index < -0.39 is 0 Å². The fourth-order valence-electron chi connectivity index (χ4n) is 2.80. The van der Waals surface area contributed by atoms with Crippen LogP contribution in [0.15, 0.2) is 6.07 Å². The Labute approximate surface area is 120 Å². The van der Waals surface area contributed by atoms with E-state index in [4.69, 9.17) is 5.73 Å². The molecule has 110 valence electrons. The third kappa shape index (κ3) is 3.15. The Morgan fingerprint density at radius 3 is 2.60 bits per heavy atom. The molecule has 1 atom stereocenters. The van der Waals surface area contributed by atoms with Crippen LogP contribution in [0.5, 0.6) is 0 Å². The number of aryl methyl sites for hydroxylation is 3. The molecule has 0 fully saturated rings. The minimum atomic E-state index is 0.645. The maximum absolute atomic E-state index is 5.70. The molecule has 0 aliphatic carbocycles. The van der Waals surface area contributed by atoms with Gasteiger partial charge in [-0.15, -0.1) is 10.2 Å². The first-order valence-electron chi connectivity index (χ1n) is 7.41. The number of nitrogens with zero attached hydrogens (tertiary/aromatic N) is 4. The van der Waals surface area contributed by atoms with E-state index in [1.807, 2.05) is 19.9 Å². The van der Waals surface area contributed by atoms with Gasteiger partial charge in [-0.05, 0) is 45.1 Å². The summed E-state index contributed by atoms with van der Waals surface area (Å²) in [5, 5.41) is 8.59. The van der Waals surface area contributed by atoms with Crippen LogP contribution in [0.25, 0.3) is 5.65 Å². The predicted molar refractivity (Wildman–Crippen MR) is 80.6 cm³/mol. The van der Waals surface area contributed by atoms with Crippen LogP contribution in [0.1, 0.15) is 44.0 Å². The van der Waals surface area contributed by atoms with Gasteiger partial charge >= 0.3 is 0 Å². The Kier molecular flexibility index (Phi) is 4.70. The number of hydrogen-bond acceptors (Lipinski definition) is 4. The Bertz CT molecular complexity index is 573. The molecule has 0 bridgehead atoms. The number of hydrogen-bond donors (Lipinski definition) is 1. The van der Waals surface area contributed by atoms with Gasteiger partial charge in [-0.2, -0.15) is 0 Å². The van der Waals surface area contributed by atoms with Crippen LogP contribution in [0.4, 0.5) is 0 Å². The van der Waals surface area contributed by atoms with Crippen molar-refractivity contribution < 1.29 is 0 Å². The van der Waals surface area contributed by atoms with E-state index in [0.29, 0.717) is 11.8 Å². The summed E-state index contributed by atoms with van der Waals surface area (Å²) in [7, 11) is 0. The van der Waals surface area contributed by atoms with Gasteiger partial charge in [0.05, 0.1) is 0 Å². The highest BCUT2D eigenvalue weighted by Gasteiger charge is 2.15. The highest BCUT2D eigenvalue weighted by molar-refractivity contribution is 5.39. The summed E-state index contributed by atoms with van der Waals surface area (Å²) < 4.78 is 2.06. The van der Waals surface area contributed by atoms with Gasteiger partial charge in [-0.25, -0.2) is 4.98 Å². The average molecular weight is 275 g/mol. The molecule has 0 aliphatic rings. The molecule has 2 rings (SSSR count). The van der Waals surface area contributed by atoms with Gasteiger partial charge in [0.25, 0.3) is 0 Å². The number of rotatable bonds is 6. The molecule has 5 nitrogen and oxygen atoms in total. The predicted octanol–water partition coefficient (Wildman–Crippen LogP) is 2.29. The maximum Gasteiger partial charge on any atom is 0.164 e. The van der Waals surface area contributed by atoms with E-state index in [0.717, 1.165) is 48.8 Å². The lowest BCUT2D eigenvalue weighted by molar-refractivity contribution is 0.338. The quantitative estimate of drug-likeness (QED) is 0.878. The summed E-state index contributed by atoms with van der Waals surface area (Å²) in [5.41, 5.74) is 7.58. The van der Waals surface area contributed by atoms with Gasteiger partial charge in [0.2, 0.25) is 0 Å². The second kappa shape index (κ2) is 6.31. The van der Waals surface area contributed by atoms with Crippen LogP contribution in [0.2, 0.25) is 0 Å². The zero-order valence-corrected chi connectivity index (χ0v) is 12.9. The van der Waals surface area contributed by atoms with Crippen LogP contribution in [-0.4, -0.2) is 26.1 Å². The van der Waals surface area contributed by atoms with Crippen LogP contribution in [-0.2, 0) is 6.42 Å². The molecule has 2 aromatic heterocycles. The Morgan fingerprint density at radius 1 is 1.20 bits per heavy atom. The number of nitrogens with two attached hydrogens (primary N) is 1. The van der Waals surface area contributed by atoms with Crippen LogP contribution in [0.3, 0.4) is 0 Å². The fourth-order valence-corrected chi connectivity index (χ4v) is 2.80. The molecule has 1 unspecified atom stereocenters. The topological polar surface area (TPSA) is 69.1 Å². The molecule has 0 amide bonds. The van der Waals surface area contributed by atoms with Crippen LogP contribution >= 0.6 is 0 Å². The minimum Gasteiger partial charge on any atom is -0.330 e. The maximum atomic E-state index is 5.70. The molecule has 0 saturated carbocycles. The Hall–Kier alpha value is -1.49. The number of fused-ring (bicyclic) bond motifs is 1. The highest BCUT2D eigenvalue weighted by atomic mass is 15.3. The van der Waals surface area contributed by atoms with Crippen molar-refractivity contribution >= 4 is 5.65 Å². The van der Waals surface area contributed by atoms with Gasteiger partial charge < -0.3 is 5.73 Å². The number of aromatic nitrogens is 4. The molecule has 2 aromatic rings. The van der Waals surface area contributed by atoms with Crippen molar-refractivity contribution in [1.29, 1.82) is 0 Å². The smallest absolute Gasteiger partial charge is 0.164 e. The summed E-state index contributed by atoms with van der Waals surface area (Å²) in [6, 6.07) is 1.98. The van der Waals surface area contributed by atoms with E-state index in [-0.39, 0.29) is 0 Å². The largest absolute Gasteiger partial charge is 0.330 e. The lowest BCUT2D eigenvalue weighted by Gasteiger charge is -2.19. The minimum absolute atomic E-state index is 0.645. The van der Waals surface area contributed by atoms with E-state index in [1.54, 1.807) is 0 Å². The van der Waals surface area contributed by atoms with Crippen LogP contribution in [0, 0.1) is 25.7 Å². The molecule has 0 aromatic carbocycles. The summed E-state index contributed by atoms with van der Waals surface area (Å²) in [6.45, 7) is 9.27. The molecule has 2 heterocycles. The lowest BCUT2D eigenvalue weighted by Crippen LogP contribution is -2.16. The first kappa shape index (κ1) is 14.9. The zero-order valence-electron chi connectivity index (χ0n) is 12.9. The van der Waals surface area contributed by atoms with E-state index in [2.05, 4.69) is 33.4 Å². The molecule has 20 heavy (non-hydrogen) atoms. The zero-order chi connectivity index (χ0) is 14.7. The van der Waals surface area contributed by atoms with Gasteiger partial charge in [-0.3, -0.25) is 4.40 Å². The average Bonchev–Trinajstić information content (AvgIpc) is 2.77. The van der Waals surface area contributed by atoms with Gasteiger partial charge in [-0.1, -0.05) is 13.8 Å². The molecule has 0 aliphatic heterocycles. The molecule has 0 radical (unpaired) electrons. The first-order valence-corrected chi connectivity index (χ1v) is 7.41. The lowest BCUT2D eigenvalue weighted by atomic mass is 9.88. The Morgan fingerprint density at radius 2 is 1.95 bits per heavy atom. The second-order valence-electron chi connectivity index (χ2n) is 5.87. The SMILES string of the molecule is Cc1cc2nnc(CCC(CCN)C(C)C)n2c(C)n1. The van der Waals surface area contributed by atoms with Crippen molar-refractivity contribution in [3.63, 3.8) is 0 Å². The van der Waals surface area contributed by atoms with Crippen molar-refractivity contribution in [3.8, 4) is 0 Å². The third-order valence-electron chi connectivity index (χ3n) is 3.97. The van der Waals surface area contributed by atoms with Gasteiger partial charge in [0, 0.05) is 18.2 Å². The molecular formula is C15H25N5. The third-order valence-corrected chi connectivity index (χ3v) is 3.97. The molecule has 5 heteroatoms. The van der Waals surface area contributed by atoms with Crippen LogP contribution < -0.4 is 5.73 Å². The molecule has 0 saturated heterocycles. The standard InChI is InChI=1S/C15H25N5/c1-10(2)13(7-8-16)5-6-14-18-19-15-9-11(3)17-12(4)20(14)15/h9-10,13H,5-8,16H2,1-4H3. The normalized spacial score (nSPS) is 13.3. The summed E-state index contributed by atoms with van der Waals surface area (Å²) in [6.07, 6.45) is 3.10.